The van der Waals surface area contributed by atoms with E-state index in [4.69, 9.17) is 9.15 Å². The first kappa shape index (κ1) is 18.0. The molecule has 1 aromatic heterocycles. The van der Waals surface area contributed by atoms with Crippen molar-refractivity contribution >= 4 is 11.8 Å². The molecule has 1 aromatic rings. The largest absolute Gasteiger partial charge is 0.467 e. The zero-order chi connectivity index (χ0) is 17.8. The van der Waals surface area contributed by atoms with Crippen molar-refractivity contribution in [1.82, 2.24) is 9.80 Å². The van der Waals surface area contributed by atoms with E-state index in [9.17, 15) is 9.59 Å². The van der Waals surface area contributed by atoms with Crippen molar-refractivity contribution in [2.24, 2.45) is 5.92 Å². The first-order chi connectivity index (χ1) is 12.0. The number of nitrogens with zero attached hydrogens (tertiary/aromatic N) is 2. The van der Waals surface area contributed by atoms with E-state index in [0.717, 1.165) is 38.1 Å². The fourth-order valence-corrected chi connectivity index (χ4v) is 3.20. The minimum Gasteiger partial charge on any atom is -0.467 e. The highest BCUT2D eigenvalue weighted by Gasteiger charge is 2.36. The molecule has 1 atom stereocenters. The first-order valence-electron chi connectivity index (χ1n) is 9.27. The third-order valence-electron chi connectivity index (χ3n) is 4.87. The third kappa shape index (κ3) is 4.84. The zero-order valence-corrected chi connectivity index (χ0v) is 15.1. The fraction of sp³-hybridized carbons (Fsp3) is 0.684. The molecule has 6 nitrogen and oxygen atoms in total. The van der Waals surface area contributed by atoms with Crippen LogP contribution in [0.3, 0.4) is 0 Å². The topological polar surface area (TPSA) is 63.0 Å². The molecule has 6 heteroatoms. The van der Waals surface area contributed by atoms with Gasteiger partial charge in [0.1, 0.15) is 12.3 Å². The van der Waals surface area contributed by atoms with Gasteiger partial charge in [0, 0.05) is 25.1 Å². The third-order valence-corrected chi connectivity index (χ3v) is 4.87. The Morgan fingerprint density at radius 2 is 2.08 bits per heavy atom. The summed E-state index contributed by atoms with van der Waals surface area (Å²) in [4.78, 5) is 28.9. The summed E-state index contributed by atoms with van der Waals surface area (Å²) in [6, 6.07) is 3.71. The maximum Gasteiger partial charge on any atom is 0.242 e. The number of rotatable bonds is 8. The highest BCUT2D eigenvalue weighted by molar-refractivity contribution is 5.87. The van der Waals surface area contributed by atoms with Crippen LogP contribution in [0.25, 0.3) is 0 Å². The molecule has 2 amide bonds. The Morgan fingerprint density at radius 1 is 1.28 bits per heavy atom. The maximum absolute atomic E-state index is 13.0. The van der Waals surface area contributed by atoms with Gasteiger partial charge in [-0.15, -0.1) is 0 Å². The Morgan fingerprint density at radius 3 is 2.64 bits per heavy atom. The second-order valence-corrected chi connectivity index (χ2v) is 7.32. The summed E-state index contributed by atoms with van der Waals surface area (Å²) in [6.45, 7) is 5.76. The van der Waals surface area contributed by atoms with Gasteiger partial charge in [-0.2, -0.15) is 0 Å². The quantitative estimate of drug-likeness (QED) is 0.724. The number of carbonyl (C=O) groups is 2. The van der Waals surface area contributed by atoms with E-state index in [2.05, 4.69) is 0 Å². The molecule has 1 saturated heterocycles. The van der Waals surface area contributed by atoms with Gasteiger partial charge in [-0.25, -0.2) is 0 Å². The lowest BCUT2D eigenvalue weighted by molar-refractivity contribution is -0.144. The highest BCUT2D eigenvalue weighted by atomic mass is 16.5. The monoisotopic (exact) mass is 348 g/mol. The van der Waals surface area contributed by atoms with Crippen molar-refractivity contribution in [3.8, 4) is 0 Å². The van der Waals surface area contributed by atoms with Gasteiger partial charge < -0.3 is 19.0 Å². The molecule has 0 radical (unpaired) electrons. The van der Waals surface area contributed by atoms with Crippen molar-refractivity contribution < 1.29 is 18.7 Å². The molecule has 25 heavy (non-hydrogen) atoms. The number of amides is 2. The van der Waals surface area contributed by atoms with Gasteiger partial charge in [-0.05, 0) is 51.7 Å². The van der Waals surface area contributed by atoms with E-state index in [0.29, 0.717) is 13.1 Å². The molecule has 3 rings (SSSR count). The van der Waals surface area contributed by atoms with Crippen molar-refractivity contribution in [2.75, 3.05) is 19.7 Å². The lowest BCUT2D eigenvalue weighted by atomic mass is 10.2. The number of carbonyl (C=O) groups excluding carboxylic acids is 2. The number of hydrogen-bond donors (Lipinski definition) is 0. The van der Waals surface area contributed by atoms with Crippen LogP contribution in [0, 0.1) is 5.92 Å². The van der Waals surface area contributed by atoms with Gasteiger partial charge in [0.05, 0.1) is 18.9 Å². The molecule has 1 aliphatic carbocycles. The van der Waals surface area contributed by atoms with E-state index >= 15 is 0 Å². The molecular formula is C19H28N2O4. The average molecular weight is 348 g/mol. The van der Waals surface area contributed by atoms with Crippen LogP contribution >= 0.6 is 0 Å². The summed E-state index contributed by atoms with van der Waals surface area (Å²) in [7, 11) is 0. The number of furan rings is 1. The summed E-state index contributed by atoms with van der Waals surface area (Å²) in [5.41, 5.74) is 0. The summed E-state index contributed by atoms with van der Waals surface area (Å²) in [5.74, 6) is 0.927. The van der Waals surface area contributed by atoms with E-state index < -0.39 is 0 Å². The van der Waals surface area contributed by atoms with Crippen LogP contribution < -0.4 is 0 Å². The Hall–Kier alpha value is -1.82. The molecule has 0 aromatic carbocycles. The molecule has 0 spiro atoms. The summed E-state index contributed by atoms with van der Waals surface area (Å²) in [6.07, 6.45) is 5.58. The Labute approximate surface area is 149 Å². The van der Waals surface area contributed by atoms with Crippen LogP contribution in [0.15, 0.2) is 22.8 Å². The zero-order valence-electron chi connectivity index (χ0n) is 15.1. The molecule has 1 saturated carbocycles. The Bertz CT molecular complexity index is 574. The molecule has 0 bridgehead atoms. The fourth-order valence-electron chi connectivity index (χ4n) is 3.20. The summed E-state index contributed by atoms with van der Waals surface area (Å²) in [5, 5.41) is 0. The van der Waals surface area contributed by atoms with Crippen LogP contribution in [-0.2, 0) is 20.9 Å². The molecule has 1 unspecified atom stereocenters. The van der Waals surface area contributed by atoms with Gasteiger partial charge in [-0.1, -0.05) is 0 Å². The van der Waals surface area contributed by atoms with E-state index in [1.54, 1.807) is 16.1 Å². The number of hydrogen-bond acceptors (Lipinski definition) is 4. The Kier molecular flexibility index (Phi) is 5.78. The molecule has 1 aliphatic heterocycles. The smallest absolute Gasteiger partial charge is 0.242 e. The molecule has 2 heterocycles. The molecule has 138 valence electrons. The normalized spacial score (nSPS) is 20.0. The van der Waals surface area contributed by atoms with Crippen LogP contribution in [-0.4, -0.2) is 53.5 Å². The van der Waals surface area contributed by atoms with Crippen LogP contribution in [0.1, 0.15) is 45.3 Å². The van der Waals surface area contributed by atoms with Crippen molar-refractivity contribution in [3.63, 3.8) is 0 Å². The lowest BCUT2D eigenvalue weighted by Gasteiger charge is -2.31. The van der Waals surface area contributed by atoms with E-state index in [1.807, 2.05) is 26.0 Å². The van der Waals surface area contributed by atoms with E-state index in [1.165, 1.54) is 0 Å². The summed E-state index contributed by atoms with van der Waals surface area (Å²) >= 11 is 0. The van der Waals surface area contributed by atoms with Crippen LogP contribution in [0.5, 0.6) is 0 Å². The van der Waals surface area contributed by atoms with E-state index in [-0.39, 0.29) is 36.4 Å². The molecular weight excluding hydrogens is 320 g/mol. The van der Waals surface area contributed by atoms with Gasteiger partial charge in [0.25, 0.3) is 0 Å². The van der Waals surface area contributed by atoms with Gasteiger partial charge in [0.2, 0.25) is 11.8 Å². The molecule has 2 fully saturated rings. The maximum atomic E-state index is 13.0. The van der Waals surface area contributed by atoms with Crippen LogP contribution in [0.2, 0.25) is 0 Å². The van der Waals surface area contributed by atoms with Crippen molar-refractivity contribution in [2.45, 2.75) is 58.2 Å². The minimum atomic E-state index is -0.0467. The lowest BCUT2D eigenvalue weighted by Crippen LogP contribution is -2.47. The van der Waals surface area contributed by atoms with Gasteiger partial charge in [-0.3, -0.25) is 9.59 Å². The standard InChI is InChI=1S/C19H28N2O4/c1-14(2)21(19(23)15-7-8-15)13-18(22)20(11-16-5-3-9-24-16)12-17-6-4-10-25-17/h3,5,9,14-15,17H,4,6-8,10-13H2,1-2H3. The average Bonchev–Trinajstić information content (AvgIpc) is 3.06. The summed E-state index contributed by atoms with van der Waals surface area (Å²) < 4.78 is 11.1. The number of ether oxygens (including phenoxy) is 1. The predicted molar refractivity (Wildman–Crippen MR) is 92.7 cm³/mol. The highest BCUT2D eigenvalue weighted by Crippen LogP contribution is 2.31. The second kappa shape index (κ2) is 8.04. The second-order valence-electron chi connectivity index (χ2n) is 7.32. The van der Waals surface area contributed by atoms with Crippen LogP contribution in [0.4, 0.5) is 0 Å². The van der Waals surface area contributed by atoms with Crippen molar-refractivity contribution in [1.29, 1.82) is 0 Å². The molecule has 2 aliphatic rings. The Balaban J connectivity index is 1.66. The SMILES string of the molecule is CC(C)N(CC(=O)N(Cc1ccco1)CC1CCCO1)C(=O)C1CC1. The van der Waals surface area contributed by atoms with Gasteiger partial charge >= 0.3 is 0 Å². The molecule has 0 N–H and O–H groups in total. The van der Waals surface area contributed by atoms with Gasteiger partial charge in [0.15, 0.2) is 0 Å². The first-order valence-corrected chi connectivity index (χ1v) is 9.27. The minimum absolute atomic E-state index is 0.0187. The predicted octanol–water partition coefficient (Wildman–Crippen LogP) is 2.43. The van der Waals surface area contributed by atoms with Crippen molar-refractivity contribution in [3.05, 3.63) is 24.2 Å².